The summed E-state index contributed by atoms with van der Waals surface area (Å²) in [5, 5.41) is 13.8. The lowest BCUT2D eigenvalue weighted by atomic mass is 9.76. The largest absolute Gasteiger partial charge is 0.393 e. The minimum Gasteiger partial charge on any atom is -0.393 e. The van der Waals surface area contributed by atoms with E-state index < -0.39 is 16.1 Å². The van der Waals surface area contributed by atoms with Crippen molar-refractivity contribution in [3.05, 3.63) is 36.2 Å². The number of benzene rings is 1. The quantitative estimate of drug-likeness (QED) is 0.690. The molecule has 132 valence electrons. The van der Waals surface area contributed by atoms with Gasteiger partial charge < -0.3 is 5.11 Å². The molecule has 4 rings (SSSR count). The highest BCUT2D eigenvalue weighted by atomic mass is 32.2. The van der Waals surface area contributed by atoms with E-state index in [-0.39, 0.29) is 16.9 Å². The smallest absolute Gasteiger partial charge is 0.243 e. The number of aliphatic hydroxyl groups excluding tert-OH is 1. The Morgan fingerprint density at radius 2 is 2.16 bits per heavy atom. The van der Waals surface area contributed by atoms with E-state index in [0.29, 0.717) is 23.9 Å². The Labute approximate surface area is 148 Å². The Balaban J connectivity index is 1.70. The van der Waals surface area contributed by atoms with Gasteiger partial charge in [0.1, 0.15) is 15.9 Å². The van der Waals surface area contributed by atoms with Gasteiger partial charge in [-0.3, -0.25) is 4.68 Å². The Hall–Kier alpha value is -1.88. The van der Waals surface area contributed by atoms with Crippen molar-refractivity contribution in [3.63, 3.8) is 0 Å². The molecular formula is C15H17N5O3S2. The molecule has 1 atom stereocenters. The van der Waals surface area contributed by atoms with Crippen LogP contribution in [0.15, 0.2) is 35.5 Å². The van der Waals surface area contributed by atoms with Crippen LogP contribution in [0.1, 0.15) is 24.4 Å². The second-order valence-electron chi connectivity index (χ2n) is 6.32. The maximum absolute atomic E-state index is 13.0. The average Bonchev–Trinajstić information content (AvgIpc) is 3.18. The van der Waals surface area contributed by atoms with Crippen LogP contribution in [-0.4, -0.2) is 38.2 Å². The van der Waals surface area contributed by atoms with E-state index in [0.717, 1.165) is 17.3 Å². The summed E-state index contributed by atoms with van der Waals surface area (Å²) in [6, 6.07) is 4.48. The number of nitrogens with zero attached hydrogens (tertiary/aromatic N) is 4. The lowest BCUT2D eigenvalue weighted by molar-refractivity contribution is 0.0280. The topological polar surface area (TPSA) is 110 Å². The first kappa shape index (κ1) is 16.6. The molecule has 2 aromatic heterocycles. The molecule has 25 heavy (non-hydrogen) atoms. The number of hydrogen-bond acceptors (Lipinski definition) is 7. The fourth-order valence-electron chi connectivity index (χ4n) is 3.17. The van der Waals surface area contributed by atoms with Crippen LogP contribution >= 0.6 is 11.7 Å². The maximum atomic E-state index is 13.0. The molecule has 1 aliphatic carbocycles. The Bertz CT molecular complexity index is 1010. The maximum Gasteiger partial charge on any atom is 0.243 e. The number of aliphatic hydroxyl groups is 1. The summed E-state index contributed by atoms with van der Waals surface area (Å²) in [5.41, 5.74) is 1.72. The third-order valence-electron chi connectivity index (χ3n) is 4.53. The van der Waals surface area contributed by atoms with Gasteiger partial charge in [-0.15, -0.1) is 0 Å². The second kappa shape index (κ2) is 6.13. The molecular weight excluding hydrogens is 362 g/mol. The molecule has 2 N–H and O–H groups in total. The molecule has 1 aliphatic rings. The third-order valence-corrected chi connectivity index (χ3v) is 6.54. The number of aryl methyl sites for hydroxylation is 1. The average molecular weight is 379 g/mol. The van der Waals surface area contributed by atoms with Gasteiger partial charge in [-0.2, -0.15) is 13.8 Å². The van der Waals surface area contributed by atoms with E-state index in [9.17, 15) is 13.5 Å². The predicted molar refractivity (Wildman–Crippen MR) is 92.4 cm³/mol. The molecule has 2 heterocycles. The third kappa shape index (κ3) is 3.06. The second-order valence-corrected chi connectivity index (χ2v) is 8.53. The van der Waals surface area contributed by atoms with Crippen LogP contribution in [0.4, 0.5) is 0 Å². The van der Waals surface area contributed by atoms with Gasteiger partial charge in [-0.25, -0.2) is 13.1 Å². The molecule has 8 nitrogen and oxygen atoms in total. The Morgan fingerprint density at radius 1 is 1.36 bits per heavy atom. The molecule has 3 aromatic rings. The predicted octanol–water partition coefficient (Wildman–Crippen LogP) is 1.22. The minimum absolute atomic E-state index is 0.0294. The highest BCUT2D eigenvalue weighted by Gasteiger charge is 2.38. The molecule has 0 aliphatic heterocycles. The van der Waals surface area contributed by atoms with Gasteiger partial charge in [0.2, 0.25) is 10.0 Å². The zero-order chi connectivity index (χ0) is 17.6. The van der Waals surface area contributed by atoms with Crippen molar-refractivity contribution in [1.82, 2.24) is 23.2 Å². The molecule has 1 saturated carbocycles. The number of aromatic nitrogens is 4. The lowest BCUT2D eigenvalue weighted by Crippen LogP contribution is -2.41. The van der Waals surface area contributed by atoms with Gasteiger partial charge in [0, 0.05) is 18.8 Å². The molecule has 0 amide bonds. The standard InChI is InChI=1S/C15H17N5O3S2/c1-20-8-10(7-16-20)14(9-5-11(21)6-9)19-25(22,23)13-4-2-3-12-15(13)18-24-17-12/h2-4,7-9,11,14,19,21H,5-6H2,1H3. The van der Waals surface area contributed by atoms with E-state index in [1.165, 1.54) is 6.07 Å². The van der Waals surface area contributed by atoms with Crippen LogP contribution in [0.3, 0.4) is 0 Å². The SMILES string of the molecule is Cn1cc(C(NS(=O)(=O)c2cccc3nsnc23)C2CC(O)C2)cn1. The normalized spacial score (nSPS) is 22.0. The molecule has 0 saturated heterocycles. The first-order valence-electron chi connectivity index (χ1n) is 7.84. The summed E-state index contributed by atoms with van der Waals surface area (Å²) in [5.74, 6) is 0.0294. The van der Waals surface area contributed by atoms with Gasteiger partial charge in [0.15, 0.2) is 0 Å². The van der Waals surface area contributed by atoms with E-state index in [1.807, 2.05) is 0 Å². The van der Waals surface area contributed by atoms with E-state index in [1.54, 1.807) is 36.3 Å². The van der Waals surface area contributed by atoms with Crippen LogP contribution in [0.5, 0.6) is 0 Å². The lowest BCUT2D eigenvalue weighted by Gasteiger charge is -2.37. The summed E-state index contributed by atoms with van der Waals surface area (Å²) in [7, 11) is -2.01. The van der Waals surface area contributed by atoms with Crippen LogP contribution in [-0.2, 0) is 17.1 Å². The molecule has 1 fully saturated rings. The molecule has 1 aromatic carbocycles. The van der Waals surface area contributed by atoms with Crippen molar-refractivity contribution >= 4 is 32.8 Å². The first-order chi connectivity index (χ1) is 11.9. The van der Waals surface area contributed by atoms with Crippen LogP contribution in [0.25, 0.3) is 11.0 Å². The fourth-order valence-corrected chi connectivity index (χ4v) is 5.23. The number of nitrogens with one attached hydrogen (secondary N) is 1. The summed E-state index contributed by atoms with van der Waals surface area (Å²) >= 11 is 0.985. The van der Waals surface area contributed by atoms with Gasteiger partial charge in [0.25, 0.3) is 0 Å². The highest BCUT2D eigenvalue weighted by molar-refractivity contribution is 7.89. The summed E-state index contributed by atoms with van der Waals surface area (Å²) in [4.78, 5) is 0.118. The monoisotopic (exact) mass is 379 g/mol. The van der Waals surface area contributed by atoms with E-state index in [4.69, 9.17) is 0 Å². The van der Waals surface area contributed by atoms with Crippen molar-refractivity contribution in [3.8, 4) is 0 Å². The van der Waals surface area contributed by atoms with E-state index in [2.05, 4.69) is 18.6 Å². The molecule has 0 spiro atoms. The van der Waals surface area contributed by atoms with Crippen molar-refractivity contribution in [2.24, 2.45) is 13.0 Å². The molecule has 10 heteroatoms. The number of hydrogen-bond donors (Lipinski definition) is 2. The number of sulfonamides is 1. The van der Waals surface area contributed by atoms with E-state index >= 15 is 0 Å². The van der Waals surface area contributed by atoms with Gasteiger partial charge >= 0.3 is 0 Å². The van der Waals surface area contributed by atoms with Gasteiger partial charge in [-0.1, -0.05) is 6.07 Å². The van der Waals surface area contributed by atoms with Gasteiger partial charge in [-0.05, 0) is 30.9 Å². The van der Waals surface area contributed by atoms with Crippen LogP contribution < -0.4 is 4.72 Å². The van der Waals surface area contributed by atoms with Crippen molar-refractivity contribution in [2.75, 3.05) is 0 Å². The van der Waals surface area contributed by atoms with Crippen LogP contribution in [0, 0.1) is 5.92 Å². The Kier molecular flexibility index (Phi) is 4.07. The summed E-state index contributed by atoms with van der Waals surface area (Å²) in [6.07, 6.45) is 4.20. The van der Waals surface area contributed by atoms with Crippen molar-refractivity contribution in [2.45, 2.75) is 29.9 Å². The van der Waals surface area contributed by atoms with Crippen LogP contribution in [0.2, 0.25) is 0 Å². The Morgan fingerprint density at radius 3 is 2.84 bits per heavy atom. The van der Waals surface area contributed by atoms with Crippen molar-refractivity contribution < 1.29 is 13.5 Å². The first-order valence-corrected chi connectivity index (χ1v) is 10.1. The number of fused-ring (bicyclic) bond motifs is 1. The molecule has 0 radical (unpaired) electrons. The summed E-state index contributed by atoms with van der Waals surface area (Å²) < 4.78 is 38.6. The van der Waals surface area contributed by atoms with Gasteiger partial charge in [0.05, 0.1) is 30.1 Å². The zero-order valence-electron chi connectivity index (χ0n) is 13.4. The number of rotatable bonds is 5. The summed E-state index contributed by atoms with van der Waals surface area (Å²) in [6.45, 7) is 0. The zero-order valence-corrected chi connectivity index (χ0v) is 15.0. The molecule has 0 bridgehead atoms. The van der Waals surface area contributed by atoms with Crippen molar-refractivity contribution in [1.29, 1.82) is 0 Å². The minimum atomic E-state index is -3.80. The highest BCUT2D eigenvalue weighted by Crippen LogP contribution is 2.39. The fraction of sp³-hybridized carbons (Fsp3) is 0.400. The molecule has 1 unspecified atom stereocenters.